The number of ether oxygens (including phenoxy) is 7. The van der Waals surface area contributed by atoms with Crippen LogP contribution in [0.4, 0.5) is 21.0 Å². The number of carbonyl (C=O) groups excluding carboxylic acids is 5. The van der Waals surface area contributed by atoms with E-state index in [1.165, 1.54) is 48.1 Å². The van der Waals surface area contributed by atoms with Gasteiger partial charge in [0.25, 0.3) is 11.8 Å². The van der Waals surface area contributed by atoms with Gasteiger partial charge in [-0.2, -0.15) is 0 Å². The summed E-state index contributed by atoms with van der Waals surface area (Å²) in [4.78, 5) is 71.4. The number of Topliss-reactive ketones (excluding diaryl/α,β-unsaturated/α-hetero) is 1. The fourth-order valence-electron chi connectivity index (χ4n) is 8.79. The third kappa shape index (κ3) is 11.1. The molecule has 1 saturated heterocycles. The van der Waals surface area contributed by atoms with Crippen molar-refractivity contribution in [3.63, 3.8) is 0 Å². The van der Waals surface area contributed by atoms with Crippen molar-refractivity contribution in [1.82, 2.24) is 9.80 Å². The van der Waals surface area contributed by atoms with Crippen LogP contribution in [0.1, 0.15) is 77.3 Å². The number of ketones is 1. The van der Waals surface area contributed by atoms with Crippen molar-refractivity contribution in [1.29, 1.82) is 0 Å². The highest BCUT2D eigenvalue weighted by Crippen LogP contribution is 2.44. The smallest absolute Gasteiger partial charge is 0.416 e. The van der Waals surface area contributed by atoms with Crippen LogP contribution in [0.5, 0.6) is 23.0 Å². The van der Waals surface area contributed by atoms with Crippen LogP contribution >= 0.6 is 0 Å². The molecule has 4 aliphatic heterocycles. The third-order valence-electron chi connectivity index (χ3n) is 12.3. The maximum absolute atomic E-state index is 14.4. The van der Waals surface area contributed by atoms with E-state index in [9.17, 15) is 34.2 Å². The van der Waals surface area contributed by atoms with Gasteiger partial charge in [-0.05, 0) is 86.9 Å². The van der Waals surface area contributed by atoms with E-state index in [0.717, 1.165) is 26.5 Å². The number of nitrogens with zero attached hydrogens (tertiary/aromatic N) is 4. The van der Waals surface area contributed by atoms with Crippen molar-refractivity contribution in [3.05, 3.63) is 114 Å². The molecule has 70 heavy (non-hydrogen) atoms. The maximum Gasteiger partial charge on any atom is 0.416 e. The molecule has 0 saturated carbocycles. The fraction of sp³-hybridized carbons (Fsp3) is 0.404. The molecular formula is C52H60N4O14. The normalized spacial score (nSPS) is 19.2. The van der Waals surface area contributed by atoms with E-state index in [1.807, 2.05) is 12.1 Å². The summed E-state index contributed by atoms with van der Waals surface area (Å²) in [5.41, 5.74) is 3.55. The molecule has 2 N–H and O–H groups in total. The van der Waals surface area contributed by atoms with Crippen LogP contribution in [0.2, 0.25) is 0 Å². The lowest BCUT2D eigenvalue weighted by Crippen LogP contribution is -2.50. The number of fused-ring (bicyclic) bond motifs is 4. The zero-order valence-electron chi connectivity index (χ0n) is 39.8. The Labute approximate surface area is 406 Å². The lowest BCUT2D eigenvalue weighted by atomic mass is 10.0. The van der Waals surface area contributed by atoms with E-state index < -0.39 is 42.6 Å². The van der Waals surface area contributed by atoms with E-state index in [1.54, 1.807) is 37.4 Å². The van der Waals surface area contributed by atoms with Gasteiger partial charge in [-0.1, -0.05) is 49.6 Å². The molecule has 372 valence electrons. The number of rotatable bonds is 21. The highest BCUT2D eigenvalue weighted by molar-refractivity contribution is 6.08. The number of unbranched alkanes of at least 4 members (excludes halogenated alkanes) is 2. The molecule has 3 aromatic carbocycles. The monoisotopic (exact) mass is 964 g/mol. The highest BCUT2D eigenvalue weighted by atomic mass is 16.6. The number of benzene rings is 3. The average molecular weight is 965 g/mol. The average Bonchev–Trinajstić information content (AvgIpc) is 3.95. The van der Waals surface area contributed by atoms with Gasteiger partial charge in [0.2, 0.25) is 0 Å². The van der Waals surface area contributed by atoms with Gasteiger partial charge >= 0.3 is 12.2 Å². The highest BCUT2D eigenvalue weighted by Gasteiger charge is 2.47. The van der Waals surface area contributed by atoms with Crippen molar-refractivity contribution < 1.29 is 67.3 Å². The molecule has 18 nitrogen and oxygen atoms in total. The van der Waals surface area contributed by atoms with Gasteiger partial charge in [-0.15, -0.1) is 0 Å². The summed E-state index contributed by atoms with van der Waals surface area (Å²) in [6.07, 6.45) is 2.58. The van der Waals surface area contributed by atoms with Crippen LogP contribution in [0.25, 0.3) is 5.57 Å². The summed E-state index contributed by atoms with van der Waals surface area (Å²) in [6, 6.07) is 11.9. The van der Waals surface area contributed by atoms with Gasteiger partial charge in [0.05, 0.1) is 68.1 Å². The summed E-state index contributed by atoms with van der Waals surface area (Å²) in [6.45, 7) is 16.0. The number of amides is 4. The van der Waals surface area contributed by atoms with Crippen LogP contribution in [-0.4, -0.2) is 134 Å². The first-order valence-electron chi connectivity index (χ1n) is 23.2. The minimum Gasteiger partial charge on any atom is -0.493 e. The molecule has 0 spiro atoms. The Bertz CT molecular complexity index is 2520. The Hall–Kier alpha value is -7.15. The van der Waals surface area contributed by atoms with E-state index in [0.29, 0.717) is 69.0 Å². The molecule has 4 aliphatic rings. The van der Waals surface area contributed by atoms with Crippen LogP contribution in [0, 0.1) is 6.92 Å². The zero-order valence-corrected chi connectivity index (χ0v) is 39.8. The molecule has 18 heteroatoms. The minimum atomic E-state index is -1.52. The first-order valence-corrected chi connectivity index (χ1v) is 23.2. The lowest BCUT2D eigenvalue weighted by Gasteiger charge is -2.31. The number of aryl methyl sites for hydroxylation is 1. The summed E-state index contributed by atoms with van der Waals surface area (Å²) in [5.74, 6) is 0.763. The first kappa shape index (κ1) is 50.7. The minimum absolute atomic E-state index is 0.0570. The number of anilines is 2. The Balaban J connectivity index is 1.00. The molecule has 0 radical (unpaired) electrons. The second-order valence-electron chi connectivity index (χ2n) is 17.2. The van der Waals surface area contributed by atoms with Crippen LogP contribution < -0.4 is 28.7 Å². The Morgan fingerprint density at radius 3 is 1.97 bits per heavy atom. The van der Waals surface area contributed by atoms with E-state index >= 15 is 0 Å². The number of aliphatic hydroxyl groups is 2. The quantitative estimate of drug-likeness (QED) is 0.0820. The molecule has 0 aliphatic carbocycles. The standard InChI is InChI=1S/C52H60N4O14/c1-7-17-69-51(62)55-40-28-44(33(4)25-38(40)47(58)53-30-32(3)24-42(53)49(55)60)67-19-10-9-11-20-68-46-29-41-39(27-45(46)64-6)48(59)54-31-36(26-43(54)50(61)56(41)52(63)70-18-8-2)35-12-14-37(15-13-35)66-23-22-65-21-16-34(5)57/h7-8,12-15,25,27-29,31,42-43,49-50,60-61H,1-3,9-11,16-24,26,30H2,4-6H3/t42-,43-,49?,50?/m0/s1. The molecular weight excluding hydrogens is 905 g/mol. The second kappa shape index (κ2) is 23.0. The maximum atomic E-state index is 14.4. The summed E-state index contributed by atoms with van der Waals surface area (Å²) >= 11 is 0. The molecule has 7 rings (SSSR count). The predicted octanol–water partition coefficient (Wildman–Crippen LogP) is 6.95. The molecule has 3 aromatic rings. The summed E-state index contributed by atoms with van der Waals surface area (Å²) in [7, 11) is 1.44. The number of methoxy groups -OCH3 is 1. The number of carbonyl (C=O) groups is 5. The number of aliphatic hydroxyl groups excluding tert-OH is 2. The Kier molecular flexibility index (Phi) is 16.6. The lowest BCUT2D eigenvalue weighted by molar-refractivity contribution is -0.118. The van der Waals surface area contributed by atoms with Crippen LogP contribution in [0.15, 0.2) is 92.2 Å². The van der Waals surface area contributed by atoms with Crippen molar-refractivity contribution in [2.45, 2.75) is 76.9 Å². The van der Waals surface area contributed by atoms with Crippen LogP contribution in [0.3, 0.4) is 0 Å². The Morgan fingerprint density at radius 2 is 1.34 bits per heavy atom. The van der Waals surface area contributed by atoms with Crippen molar-refractivity contribution >= 4 is 46.7 Å². The SMILES string of the molecule is C=CCOC(=O)N1c2cc(OCCCCCOc3cc4c(cc3C)C(=O)N3CC(=C)C[C@H]3C(O)N4C(=O)OCC=C)c(OC)cc2C(=O)N2C=C(c3ccc(OCCOCCC(C)=O)cc3)C[C@H]2C1O. The first-order chi connectivity index (χ1) is 33.8. The zero-order chi connectivity index (χ0) is 50.1. The number of hydrogen-bond donors (Lipinski definition) is 2. The largest absolute Gasteiger partial charge is 0.493 e. The van der Waals surface area contributed by atoms with Crippen LogP contribution in [-0.2, 0) is 19.0 Å². The summed E-state index contributed by atoms with van der Waals surface area (Å²) < 4.78 is 40.0. The molecule has 4 heterocycles. The second-order valence-corrected chi connectivity index (χ2v) is 17.2. The fourth-order valence-corrected chi connectivity index (χ4v) is 8.79. The summed E-state index contributed by atoms with van der Waals surface area (Å²) in [5, 5.41) is 23.4. The van der Waals surface area contributed by atoms with Gasteiger partial charge in [0, 0.05) is 31.3 Å². The molecule has 1 fully saturated rings. The van der Waals surface area contributed by atoms with Crippen molar-refractivity contribution in [2.24, 2.45) is 0 Å². The van der Waals surface area contributed by atoms with Gasteiger partial charge in [0.15, 0.2) is 24.0 Å². The third-order valence-corrected chi connectivity index (χ3v) is 12.3. The van der Waals surface area contributed by atoms with Gasteiger partial charge in [-0.3, -0.25) is 14.4 Å². The van der Waals surface area contributed by atoms with Gasteiger partial charge in [-0.25, -0.2) is 19.4 Å². The molecule has 4 atom stereocenters. The Morgan fingerprint density at radius 1 is 0.729 bits per heavy atom. The molecule has 0 bridgehead atoms. The van der Waals surface area contributed by atoms with E-state index in [2.05, 4.69) is 19.7 Å². The van der Waals surface area contributed by atoms with E-state index in [4.69, 9.17) is 33.2 Å². The molecule has 0 aromatic heterocycles. The molecule has 4 amide bonds. The van der Waals surface area contributed by atoms with Crippen molar-refractivity contribution in [2.75, 3.05) is 69.7 Å². The van der Waals surface area contributed by atoms with Gasteiger partial charge < -0.3 is 53.2 Å². The molecule has 2 unspecified atom stereocenters. The van der Waals surface area contributed by atoms with Gasteiger partial charge in [0.1, 0.15) is 37.1 Å². The topological polar surface area (TPSA) is 203 Å². The number of hydrogen-bond acceptors (Lipinski definition) is 14. The van der Waals surface area contributed by atoms with Crippen molar-refractivity contribution in [3.8, 4) is 23.0 Å². The van der Waals surface area contributed by atoms with E-state index in [-0.39, 0.29) is 85.1 Å². The predicted molar refractivity (Wildman–Crippen MR) is 258 cm³/mol.